The average Bonchev–Trinajstić information content (AvgIpc) is 3.05. The molecule has 2 rings (SSSR count). The van der Waals surface area contributed by atoms with Crippen LogP contribution in [0.3, 0.4) is 0 Å². The van der Waals surface area contributed by atoms with Gasteiger partial charge in [-0.15, -0.1) is 5.10 Å². The number of methoxy groups -OCH3 is 1. The molecule has 0 fully saturated rings. The summed E-state index contributed by atoms with van der Waals surface area (Å²) < 4.78 is 11.5. The Balaban J connectivity index is 2.31. The molecule has 0 aliphatic carbocycles. The molecule has 0 saturated carbocycles. The van der Waals surface area contributed by atoms with Crippen LogP contribution in [-0.2, 0) is 11.3 Å². The third-order valence-electron chi connectivity index (χ3n) is 2.98. The van der Waals surface area contributed by atoms with E-state index >= 15 is 0 Å². The molecule has 114 valence electrons. The number of nitrogens with zero attached hydrogens (tertiary/aromatic N) is 5. The summed E-state index contributed by atoms with van der Waals surface area (Å²) in [6.07, 6.45) is 0. The maximum absolute atomic E-state index is 11.7. The first-order chi connectivity index (χ1) is 9.93. The van der Waals surface area contributed by atoms with Gasteiger partial charge in [0.2, 0.25) is 5.89 Å². The van der Waals surface area contributed by atoms with Crippen LogP contribution in [0.25, 0.3) is 0 Å². The number of rotatable bonds is 5. The third-order valence-corrected chi connectivity index (χ3v) is 2.98. The summed E-state index contributed by atoms with van der Waals surface area (Å²) in [5.74, 6) is 0.819. The highest BCUT2D eigenvalue weighted by Gasteiger charge is 2.23. The van der Waals surface area contributed by atoms with Gasteiger partial charge in [-0.3, -0.25) is 0 Å². The van der Waals surface area contributed by atoms with Crippen LogP contribution < -0.4 is 0 Å². The summed E-state index contributed by atoms with van der Waals surface area (Å²) in [6.45, 7) is 8.15. The normalized spacial score (nSPS) is 11.4. The SMILES string of the molecule is COC(=O)c1nnn(Cc2nc(C(C)C)no2)c1C(C)C. The van der Waals surface area contributed by atoms with Crippen LogP contribution in [-0.4, -0.2) is 38.2 Å². The Labute approximate surface area is 122 Å². The first-order valence-corrected chi connectivity index (χ1v) is 6.78. The number of aromatic nitrogens is 5. The first-order valence-electron chi connectivity index (χ1n) is 6.78. The second-order valence-electron chi connectivity index (χ2n) is 5.33. The predicted octanol–water partition coefficient (Wildman–Crippen LogP) is 1.74. The van der Waals surface area contributed by atoms with Gasteiger partial charge in [0.25, 0.3) is 0 Å². The molecule has 8 heteroatoms. The summed E-state index contributed by atoms with van der Waals surface area (Å²) in [5, 5.41) is 11.8. The molecule has 0 aliphatic heterocycles. The molecule has 0 aromatic carbocycles. The van der Waals surface area contributed by atoms with Crippen molar-refractivity contribution >= 4 is 5.97 Å². The quantitative estimate of drug-likeness (QED) is 0.774. The molecular formula is C13H19N5O3. The van der Waals surface area contributed by atoms with Gasteiger partial charge in [-0.1, -0.05) is 38.1 Å². The fourth-order valence-electron chi connectivity index (χ4n) is 1.95. The molecule has 0 amide bonds. The predicted molar refractivity (Wildman–Crippen MR) is 72.9 cm³/mol. The molecule has 0 radical (unpaired) electrons. The van der Waals surface area contributed by atoms with Crippen molar-refractivity contribution in [1.29, 1.82) is 0 Å². The van der Waals surface area contributed by atoms with Crippen LogP contribution in [0.2, 0.25) is 0 Å². The Kier molecular flexibility index (Phi) is 4.35. The van der Waals surface area contributed by atoms with E-state index in [1.165, 1.54) is 7.11 Å². The monoisotopic (exact) mass is 293 g/mol. The lowest BCUT2D eigenvalue weighted by molar-refractivity contribution is 0.0592. The molecule has 2 heterocycles. The highest BCUT2D eigenvalue weighted by molar-refractivity contribution is 5.88. The highest BCUT2D eigenvalue weighted by Crippen LogP contribution is 2.19. The minimum Gasteiger partial charge on any atom is -0.464 e. The summed E-state index contributed by atoms with van der Waals surface area (Å²) in [6, 6.07) is 0. The van der Waals surface area contributed by atoms with Crippen molar-refractivity contribution in [2.75, 3.05) is 7.11 Å². The largest absolute Gasteiger partial charge is 0.464 e. The molecule has 0 bridgehead atoms. The van der Waals surface area contributed by atoms with Crippen molar-refractivity contribution < 1.29 is 14.1 Å². The van der Waals surface area contributed by atoms with Gasteiger partial charge in [0.15, 0.2) is 11.5 Å². The van der Waals surface area contributed by atoms with Crippen molar-refractivity contribution in [2.45, 2.75) is 46.1 Å². The van der Waals surface area contributed by atoms with E-state index in [0.29, 0.717) is 17.4 Å². The molecular weight excluding hydrogens is 274 g/mol. The number of esters is 1. The molecule has 2 aromatic rings. The van der Waals surface area contributed by atoms with Gasteiger partial charge in [0, 0.05) is 5.92 Å². The molecule has 0 saturated heterocycles. The van der Waals surface area contributed by atoms with Crippen molar-refractivity contribution in [2.24, 2.45) is 0 Å². The minimum absolute atomic E-state index is 0.0570. The molecule has 8 nitrogen and oxygen atoms in total. The lowest BCUT2D eigenvalue weighted by Crippen LogP contribution is -2.12. The summed E-state index contributed by atoms with van der Waals surface area (Å²) >= 11 is 0. The molecule has 0 aliphatic rings. The van der Waals surface area contributed by atoms with Gasteiger partial charge in [0.1, 0.15) is 6.54 Å². The van der Waals surface area contributed by atoms with E-state index in [1.54, 1.807) is 4.68 Å². The maximum atomic E-state index is 11.7. The number of carbonyl (C=O) groups is 1. The smallest absolute Gasteiger partial charge is 0.360 e. The van der Waals surface area contributed by atoms with Crippen molar-refractivity contribution in [3.8, 4) is 0 Å². The lowest BCUT2D eigenvalue weighted by atomic mass is 10.1. The van der Waals surface area contributed by atoms with E-state index in [1.807, 2.05) is 27.7 Å². The molecule has 0 unspecified atom stereocenters. The summed E-state index contributed by atoms with van der Waals surface area (Å²) in [7, 11) is 1.32. The Morgan fingerprint density at radius 2 is 2.00 bits per heavy atom. The van der Waals surface area contributed by atoms with Crippen LogP contribution >= 0.6 is 0 Å². The van der Waals surface area contributed by atoms with Gasteiger partial charge in [-0.05, 0) is 5.92 Å². The molecule has 21 heavy (non-hydrogen) atoms. The number of ether oxygens (including phenoxy) is 1. The van der Waals surface area contributed by atoms with E-state index in [-0.39, 0.29) is 24.1 Å². The Morgan fingerprint density at radius 3 is 2.52 bits per heavy atom. The zero-order valence-corrected chi connectivity index (χ0v) is 12.8. The van der Waals surface area contributed by atoms with Crippen molar-refractivity contribution in [3.05, 3.63) is 23.1 Å². The average molecular weight is 293 g/mol. The molecule has 0 N–H and O–H groups in total. The van der Waals surface area contributed by atoms with Crippen LogP contribution in [0.1, 0.15) is 67.4 Å². The molecule has 0 spiro atoms. The van der Waals surface area contributed by atoms with E-state index in [9.17, 15) is 4.79 Å². The van der Waals surface area contributed by atoms with E-state index in [4.69, 9.17) is 9.26 Å². The minimum atomic E-state index is -0.502. The maximum Gasteiger partial charge on any atom is 0.360 e. The Hall–Kier alpha value is -2.25. The topological polar surface area (TPSA) is 95.9 Å². The zero-order valence-electron chi connectivity index (χ0n) is 12.8. The molecule has 2 aromatic heterocycles. The fraction of sp³-hybridized carbons (Fsp3) is 0.615. The highest BCUT2D eigenvalue weighted by atomic mass is 16.5. The second kappa shape index (κ2) is 6.02. The first kappa shape index (κ1) is 15.1. The van der Waals surface area contributed by atoms with Crippen LogP contribution in [0.4, 0.5) is 0 Å². The van der Waals surface area contributed by atoms with Gasteiger partial charge in [0.05, 0.1) is 12.8 Å². The van der Waals surface area contributed by atoms with Crippen molar-refractivity contribution in [3.63, 3.8) is 0 Å². The van der Waals surface area contributed by atoms with Gasteiger partial charge >= 0.3 is 5.97 Å². The fourth-order valence-corrected chi connectivity index (χ4v) is 1.95. The van der Waals surface area contributed by atoms with Gasteiger partial charge < -0.3 is 9.26 Å². The Morgan fingerprint density at radius 1 is 1.29 bits per heavy atom. The zero-order chi connectivity index (χ0) is 15.6. The van der Waals surface area contributed by atoms with Crippen LogP contribution in [0.15, 0.2) is 4.52 Å². The molecule has 0 atom stereocenters. The van der Waals surface area contributed by atoms with Gasteiger partial charge in [-0.2, -0.15) is 4.98 Å². The Bertz CT molecular complexity index is 630. The summed E-state index contributed by atoms with van der Waals surface area (Å²) in [4.78, 5) is 16.0. The second-order valence-corrected chi connectivity index (χ2v) is 5.33. The standard InChI is InChI=1S/C13H19N5O3/c1-7(2)11-10(13(19)20-5)15-17-18(11)6-9-14-12(8(3)4)16-21-9/h7-8H,6H2,1-5H3. The van der Waals surface area contributed by atoms with E-state index in [0.717, 1.165) is 0 Å². The van der Waals surface area contributed by atoms with E-state index in [2.05, 4.69) is 20.5 Å². The number of carbonyl (C=O) groups excluding carboxylic acids is 1. The van der Waals surface area contributed by atoms with Crippen LogP contribution in [0.5, 0.6) is 0 Å². The third kappa shape index (κ3) is 3.09. The number of hydrogen-bond donors (Lipinski definition) is 0. The van der Waals surface area contributed by atoms with E-state index < -0.39 is 5.97 Å². The summed E-state index contributed by atoms with van der Waals surface area (Å²) in [5.41, 5.74) is 0.905. The number of hydrogen-bond acceptors (Lipinski definition) is 7. The van der Waals surface area contributed by atoms with Gasteiger partial charge in [-0.25, -0.2) is 9.48 Å². The lowest BCUT2D eigenvalue weighted by Gasteiger charge is -2.08. The van der Waals surface area contributed by atoms with Crippen molar-refractivity contribution in [1.82, 2.24) is 25.1 Å². The van der Waals surface area contributed by atoms with Crippen LogP contribution in [0, 0.1) is 0 Å².